The number of aromatic nitrogens is 3. The van der Waals surface area contributed by atoms with Crippen molar-refractivity contribution >= 4 is 17.3 Å². The third-order valence-corrected chi connectivity index (χ3v) is 2.59. The molecule has 0 fully saturated rings. The molecule has 0 amide bonds. The van der Waals surface area contributed by atoms with E-state index in [2.05, 4.69) is 10.1 Å². The molecule has 1 aromatic heterocycles. The summed E-state index contributed by atoms with van der Waals surface area (Å²) in [6.45, 7) is 0.377. The maximum Gasteiger partial charge on any atom is 0.215 e. The minimum Gasteiger partial charge on any atom is -0.624 e. The molecule has 0 aliphatic heterocycles. The first-order valence-corrected chi connectivity index (χ1v) is 5.39. The third kappa shape index (κ3) is 2.82. The van der Waals surface area contributed by atoms with Crippen LogP contribution in [0.15, 0.2) is 36.9 Å². The number of hydroxylamine groups is 1. The first-order valence-electron chi connectivity index (χ1n) is 5.02. The van der Waals surface area contributed by atoms with E-state index in [1.54, 1.807) is 23.1 Å². The molecule has 0 atom stereocenters. The molecule has 1 heterocycles. The third-order valence-electron chi connectivity index (χ3n) is 2.34. The van der Waals surface area contributed by atoms with Crippen molar-refractivity contribution in [1.82, 2.24) is 14.8 Å². The second kappa shape index (κ2) is 4.97. The van der Waals surface area contributed by atoms with Gasteiger partial charge in [-0.25, -0.2) is 14.4 Å². The van der Waals surface area contributed by atoms with Gasteiger partial charge in [0.05, 0.1) is 0 Å². The molecule has 0 unspecified atom stereocenters. The number of hydrogen-bond acceptors (Lipinski definition) is 3. The fourth-order valence-corrected chi connectivity index (χ4v) is 1.61. The summed E-state index contributed by atoms with van der Waals surface area (Å²) < 4.78 is 2.42. The van der Waals surface area contributed by atoms with Gasteiger partial charge in [-0.15, -0.1) is 0 Å². The van der Waals surface area contributed by atoms with Gasteiger partial charge in [-0.1, -0.05) is 11.6 Å². The molecule has 0 saturated heterocycles. The number of nitrogens with zero attached hydrogens (tertiary/aromatic N) is 4. The zero-order chi connectivity index (χ0) is 12.3. The van der Waals surface area contributed by atoms with Gasteiger partial charge in [-0.3, -0.25) is 0 Å². The van der Waals surface area contributed by atoms with Gasteiger partial charge in [0.1, 0.15) is 26.2 Å². The molecular formula is C11H11ClN4O. The molecule has 1 aromatic carbocycles. The highest BCUT2D eigenvalue weighted by Gasteiger charge is 2.12. The maximum atomic E-state index is 11.5. The van der Waals surface area contributed by atoms with Crippen LogP contribution in [0.5, 0.6) is 0 Å². The van der Waals surface area contributed by atoms with Crippen molar-refractivity contribution in [2.45, 2.75) is 6.54 Å². The molecule has 0 aliphatic rings. The number of rotatable bonds is 3. The zero-order valence-corrected chi connectivity index (χ0v) is 10.0. The molecule has 2 aromatic rings. The number of benzene rings is 1. The van der Waals surface area contributed by atoms with Crippen molar-refractivity contribution in [2.75, 3.05) is 7.05 Å². The van der Waals surface area contributed by atoms with E-state index >= 15 is 0 Å². The lowest BCUT2D eigenvalue weighted by molar-refractivity contribution is -0.423. The lowest BCUT2D eigenvalue weighted by atomic mass is 10.1. The van der Waals surface area contributed by atoms with Gasteiger partial charge in [-0.05, 0) is 24.3 Å². The molecule has 0 radical (unpaired) electrons. The summed E-state index contributed by atoms with van der Waals surface area (Å²) in [5.41, 5.74) is 1.43. The Morgan fingerprint density at radius 3 is 2.65 bits per heavy atom. The van der Waals surface area contributed by atoms with Crippen LogP contribution in [0.2, 0.25) is 5.02 Å². The van der Waals surface area contributed by atoms with E-state index in [0.29, 0.717) is 17.3 Å². The highest BCUT2D eigenvalue weighted by atomic mass is 35.5. The van der Waals surface area contributed by atoms with Crippen LogP contribution in [0.25, 0.3) is 0 Å². The SMILES string of the molecule is C/[N+]([O-])=C(/Cn1cncn1)c1ccc(Cl)cc1. The molecule has 88 valence electrons. The standard InChI is InChI=1S/C11H11ClN4O/c1-15(17)11(6-16-8-13-7-14-16)9-2-4-10(12)5-3-9/h2-5,7-8H,6H2,1H3/b15-11+. The van der Waals surface area contributed by atoms with Gasteiger partial charge in [0, 0.05) is 10.6 Å². The quantitative estimate of drug-likeness (QED) is 0.360. The van der Waals surface area contributed by atoms with Crippen molar-refractivity contribution in [3.8, 4) is 0 Å². The van der Waals surface area contributed by atoms with Crippen molar-refractivity contribution in [3.63, 3.8) is 0 Å². The Balaban J connectivity index is 2.31. The molecule has 0 aliphatic carbocycles. The van der Waals surface area contributed by atoms with Crippen LogP contribution in [-0.2, 0) is 6.54 Å². The molecule has 17 heavy (non-hydrogen) atoms. The Labute approximate surface area is 104 Å². The van der Waals surface area contributed by atoms with E-state index in [-0.39, 0.29) is 0 Å². The molecular weight excluding hydrogens is 240 g/mol. The van der Waals surface area contributed by atoms with Crippen molar-refractivity contribution in [2.24, 2.45) is 0 Å². The average molecular weight is 251 g/mol. The molecule has 0 bridgehead atoms. The highest BCUT2D eigenvalue weighted by molar-refractivity contribution is 6.30. The second-order valence-corrected chi connectivity index (χ2v) is 3.98. The van der Waals surface area contributed by atoms with E-state index in [4.69, 9.17) is 11.6 Å². The first-order chi connectivity index (χ1) is 8.16. The lowest BCUT2D eigenvalue weighted by Gasteiger charge is -2.07. The Hall–Kier alpha value is -1.88. The van der Waals surface area contributed by atoms with Crippen LogP contribution in [0.1, 0.15) is 5.56 Å². The van der Waals surface area contributed by atoms with Gasteiger partial charge in [0.25, 0.3) is 0 Å². The van der Waals surface area contributed by atoms with E-state index in [1.165, 1.54) is 13.4 Å². The fourth-order valence-electron chi connectivity index (χ4n) is 1.48. The number of hydrogen-bond donors (Lipinski definition) is 0. The fraction of sp³-hybridized carbons (Fsp3) is 0.182. The summed E-state index contributed by atoms with van der Waals surface area (Å²) in [5.74, 6) is 0. The van der Waals surface area contributed by atoms with Crippen molar-refractivity contribution in [1.29, 1.82) is 0 Å². The van der Waals surface area contributed by atoms with Crippen LogP contribution < -0.4 is 0 Å². The molecule has 0 saturated carbocycles. The van der Waals surface area contributed by atoms with E-state index in [9.17, 15) is 5.21 Å². The monoisotopic (exact) mass is 250 g/mol. The van der Waals surface area contributed by atoms with Crippen LogP contribution in [0.3, 0.4) is 0 Å². The summed E-state index contributed by atoms with van der Waals surface area (Å²) in [7, 11) is 1.46. The summed E-state index contributed by atoms with van der Waals surface area (Å²) in [6.07, 6.45) is 3.00. The summed E-state index contributed by atoms with van der Waals surface area (Å²) in [6, 6.07) is 7.12. The minimum atomic E-state index is 0.377. The van der Waals surface area contributed by atoms with E-state index in [1.807, 2.05) is 12.1 Å². The van der Waals surface area contributed by atoms with Crippen LogP contribution in [0, 0.1) is 5.21 Å². The summed E-state index contributed by atoms with van der Waals surface area (Å²) >= 11 is 5.81. The lowest BCUT2D eigenvalue weighted by Crippen LogP contribution is -2.20. The molecule has 0 N–H and O–H groups in total. The smallest absolute Gasteiger partial charge is 0.215 e. The second-order valence-electron chi connectivity index (χ2n) is 3.54. The molecule has 6 heteroatoms. The topological polar surface area (TPSA) is 56.8 Å². The molecule has 0 spiro atoms. The van der Waals surface area contributed by atoms with Crippen LogP contribution in [0.4, 0.5) is 0 Å². The van der Waals surface area contributed by atoms with E-state index < -0.39 is 0 Å². The average Bonchev–Trinajstić information content (AvgIpc) is 2.80. The number of halogens is 1. The van der Waals surface area contributed by atoms with Gasteiger partial charge in [0.15, 0.2) is 0 Å². The Bertz CT molecular complexity index is 515. The molecule has 2 rings (SSSR count). The summed E-state index contributed by atoms with van der Waals surface area (Å²) in [5, 5.41) is 16.2. The van der Waals surface area contributed by atoms with Gasteiger partial charge >= 0.3 is 0 Å². The van der Waals surface area contributed by atoms with Crippen LogP contribution in [-0.4, -0.2) is 32.3 Å². The predicted molar refractivity (Wildman–Crippen MR) is 65.1 cm³/mol. The largest absolute Gasteiger partial charge is 0.624 e. The van der Waals surface area contributed by atoms with Gasteiger partial charge < -0.3 is 5.21 Å². The Kier molecular flexibility index (Phi) is 3.39. The maximum absolute atomic E-state index is 11.5. The van der Waals surface area contributed by atoms with Crippen molar-refractivity contribution in [3.05, 3.63) is 52.7 Å². The van der Waals surface area contributed by atoms with Gasteiger partial charge in [-0.2, -0.15) is 5.10 Å². The van der Waals surface area contributed by atoms with E-state index in [0.717, 1.165) is 10.3 Å². The zero-order valence-electron chi connectivity index (χ0n) is 9.25. The predicted octanol–water partition coefficient (Wildman–Crippen LogP) is 1.56. The van der Waals surface area contributed by atoms with Crippen LogP contribution >= 0.6 is 11.6 Å². The normalized spacial score (nSPS) is 12.4. The van der Waals surface area contributed by atoms with Crippen molar-refractivity contribution < 1.29 is 4.74 Å². The Morgan fingerprint density at radius 2 is 2.12 bits per heavy atom. The molecule has 5 nitrogen and oxygen atoms in total. The summed E-state index contributed by atoms with van der Waals surface area (Å²) in [4.78, 5) is 3.84. The minimum absolute atomic E-state index is 0.377. The Morgan fingerprint density at radius 1 is 1.41 bits per heavy atom. The van der Waals surface area contributed by atoms with Gasteiger partial charge in [0.2, 0.25) is 5.71 Å². The highest BCUT2D eigenvalue weighted by Crippen LogP contribution is 2.11. The first kappa shape index (κ1) is 11.6.